The molecule has 0 saturated carbocycles. The number of rotatable bonds is 17. The normalized spacial score (nSPS) is 16.0. The van der Waals surface area contributed by atoms with E-state index in [1.54, 1.807) is 0 Å². The Morgan fingerprint density at radius 2 is 1.64 bits per heavy atom. The van der Waals surface area contributed by atoms with Crippen LogP contribution < -0.4 is 15.0 Å². The van der Waals surface area contributed by atoms with E-state index in [1.807, 2.05) is 42.7 Å². The highest BCUT2D eigenvalue weighted by atomic mass is 32.2. The second-order valence-corrected chi connectivity index (χ2v) is 16.0. The molecule has 0 fully saturated rings. The molecule has 0 saturated heterocycles. The van der Waals surface area contributed by atoms with Crippen molar-refractivity contribution in [3.8, 4) is 11.5 Å². The zero-order valence-corrected chi connectivity index (χ0v) is 30.8. The number of aliphatic carboxylic acids is 1. The number of carbonyl (C=O) groups excluding carboxylic acids is 2. The highest BCUT2D eigenvalue weighted by molar-refractivity contribution is 7.98. The van der Waals surface area contributed by atoms with Crippen molar-refractivity contribution >= 4 is 50.6 Å². The van der Waals surface area contributed by atoms with Crippen molar-refractivity contribution in [2.24, 2.45) is 11.3 Å². The van der Waals surface area contributed by atoms with Crippen LogP contribution in [0.3, 0.4) is 0 Å². The third-order valence-electron chi connectivity index (χ3n) is 9.19. The molecule has 12 heteroatoms. The van der Waals surface area contributed by atoms with Crippen molar-refractivity contribution < 1.29 is 37.8 Å². The van der Waals surface area contributed by atoms with Crippen LogP contribution in [-0.2, 0) is 24.2 Å². The van der Waals surface area contributed by atoms with Gasteiger partial charge in [-0.1, -0.05) is 76.8 Å². The fourth-order valence-corrected chi connectivity index (χ4v) is 9.11. The van der Waals surface area contributed by atoms with E-state index in [9.17, 15) is 33.0 Å². The zero-order chi connectivity index (χ0) is 36.5. The smallest absolute Gasteiger partial charge is 0.306 e. The Bertz CT molecular complexity index is 1740. The van der Waals surface area contributed by atoms with Gasteiger partial charge in [0.1, 0.15) is 17.5 Å². The van der Waals surface area contributed by atoms with Gasteiger partial charge in [-0.25, -0.2) is 8.42 Å². The number of hydrogen-bond acceptors (Lipinski definition) is 9. The number of phenolic OH excluding ortho intramolecular Hbond substituents is 1. The third-order valence-corrected chi connectivity index (χ3v) is 11.9. The number of ketones is 1. The molecule has 1 unspecified atom stereocenters. The maximum absolute atomic E-state index is 14.4. The maximum Gasteiger partial charge on any atom is 0.306 e. The lowest BCUT2D eigenvalue weighted by Crippen LogP contribution is -2.38. The lowest BCUT2D eigenvalue weighted by atomic mass is 9.79. The van der Waals surface area contributed by atoms with E-state index < -0.39 is 51.5 Å². The Morgan fingerprint density at radius 3 is 2.22 bits per heavy atom. The van der Waals surface area contributed by atoms with Gasteiger partial charge in [0.25, 0.3) is 5.91 Å². The van der Waals surface area contributed by atoms with Crippen molar-refractivity contribution in [2.45, 2.75) is 81.5 Å². The number of Topliss-reactive ketones (excluding diaryl/α,β-unsaturated/α-hetero) is 1. The van der Waals surface area contributed by atoms with Gasteiger partial charge in [-0.05, 0) is 55.0 Å². The number of nitrogens with zero attached hydrogens (tertiary/aromatic N) is 1. The van der Waals surface area contributed by atoms with Gasteiger partial charge >= 0.3 is 5.97 Å². The minimum atomic E-state index is -3.81. The fourth-order valence-electron chi connectivity index (χ4n) is 6.45. The lowest BCUT2D eigenvalue weighted by Gasteiger charge is -2.37. The number of benzene rings is 3. The number of phenols is 1. The molecule has 0 aromatic heterocycles. The highest BCUT2D eigenvalue weighted by Gasteiger charge is 2.42. The molecule has 2 atom stereocenters. The molecule has 0 radical (unpaired) electrons. The SMILES string of the molecule is CCCCC1(CCCC)CN(c2ccccc2)c2cc(SC)c(OCC(=O)NC(C(=O)C[C@@H](C)C(=O)O)c3ccc(O)cc3)cc2S(=O)(=O)C1. The van der Waals surface area contributed by atoms with Crippen LogP contribution in [-0.4, -0.2) is 61.5 Å². The largest absolute Gasteiger partial charge is 0.508 e. The molecule has 0 aliphatic carbocycles. The number of amides is 1. The van der Waals surface area contributed by atoms with Crippen LogP contribution in [0.5, 0.6) is 11.5 Å². The molecule has 50 heavy (non-hydrogen) atoms. The predicted octanol–water partition coefficient (Wildman–Crippen LogP) is 7.32. The Kier molecular flexibility index (Phi) is 13.4. The summed E-state index contributed by atoms with van der Waals surface area (Å²) in [7, 11) is -3.81. The van der Waals surface area contributed by atoms with Gasteiger partial charge < -0.3 is 25.2 Å². The summed E-state index contributed by atoms with van der Waals surface area (Å²) in [5.74, 6) is -3.10. The van der Waals surface area contributed by atoms with Crippen molar-refractivity contribution in [3.63, 3.8) is 0 Å². The molecule has 4 rings (SSSR count). The van der Waals surface area contributed by atoms with Gasteiger partial charge in [0.05, 0.1) is 27.1 Å². The molecule has 1 heterocycles. The average molecular weight is 725 g/mol. The number of ether oxygens (including phenoxy) is 1. The van der Waals surface area contributed by atoms with Gasteiger partial charge in [0.2, 0.25) is 0 Å². The number of unbranched alkanes of at least 4 members (excludes halogenated alkanes) is 2. The number of para-hydroxylation sites is 1. The van der Waals surface area contributed by atoms with Gasteiger partial charge in [-0.15, -0.1) is 11.8 Å². The average Bonchev–Trinajstić information content (AvgIpc) is 3.19. The molecule has 3 aromatic carbocycles. The second kappa shape index (κ2) is 17.3. The van der Waals surface area contributed by atoms with Crippen molar-refractivity contribution in [3.05, 3.63) is 72.3 Å². The monoisotopic (exact) mass is 724 g/mol. The first-order chi connectivity index (χ1) is 23.8. The number of anilines is 2. The topological polar surface area (TPSA) is 150 Å². The van der Waals surface area contributed by atoms with Gasteiger partial charge in [-0.3, -0.25) is 14.4 Å². The number of thioether (sulfide) groups is 1. The Hall–Kier alpha value is -4.03. The third kappa shape index (κ3) is 9.60. The molecule has 3 aromatic rings. The van der Waals surface area contributed by atoms with E-state index in [4.69, 9.17) is 4.74 Å². The van der Waals surface area contributed by atoms with Crippen molar-refractivity contribution in [1.29, 1.82) is 0 Å². The minimum Gasteiger partial charge on any atom is -0.508 e. The number of carboxylic acids is 1. The fraction of sp³-hybridized carbons (Fsp3) is 0.447. The van der Waals surface area contributed by atoms with Crippen LogP contribution in [0.25, 0.3) is 0 Å². The molecular formula is C38H48N2O8S2. The number of carbonyl (C=O) groups is 3. The van der Waals surface area contributed by atoms with E-state index in [0.29, 0.717) is 22.7 Å². The van der Waals surface area contributed by atoms with Gasteiger partial charge in [-0.2, -0.15) is 0 Å². The number of aromatic hydroxyl groups is 1. The van der Waals surface area contributed by atoms with Crippen LogP contribution in [0, 0.1) is 11.3 Å². The summed E-state index contributed by atoms with van der Waals surface area (Å²) >= 11 is 1.37. The molecule has 1 aliphatic heterocycles. The molecule has 10 nitrogen and oxygen atoms in total. The van der Waals surface area contributed by atoms with E-state index >= 15 is 0 Å². The molecule has 1 amide bonds. The summed E-state index contributed by atoms with van der Waals surface area (Å²) in [6.45, 7) is 5.67. The van der Waals surface area contributed by atoms with Crippen LogP contribution >= 0.6 is 11.8 Å². The van der Waals surface area contributed by atoms with E-state index in [0.717, 1.165) is 44.2 Å². The lowest BCUT2D eigenvalue weighted by molar-refractivity contribution is -0.143. The summed E-state index contributed by atoms with van der Waals surface area (Å²) in [5.41, 5.74) is 1.37. The maximum atomic E-state index is 14.4. The first kappa shape index (κ1) is 38.8. The molecule has 1 aliphatic rings. The predicted molar refractivity (Wildman–Crippen MR) is 196 cm³/mol. The van der Waals surface area contributed by atoms with E-state index in [2.05, 4.69) is 24.1 Å². The van der Waals surface area contributed by atoms with E-state index in [-0.39, 0.29) is 28.6 Å². The Morgan fingerprint density at radius 1 is 1.00 bits per heavy atom. The number of sulfone groups is 1. The molecular weight excluding hydrogens is 677 g/mol. The summed E-state index contributed by atoms with van der Waals surface area (Å²) in [5, 5.41) is 21.7. The molecule has 0 bridgehead atoms. The Labute approximate surface area is 299 Å². The van der Waals surface area contributed by atoms with Crippen LogP contribution in [0.2, 0.25) is 0 Å². The van der Waals surface area contributed by atoms with Gasteiger partial charge in [0.15, 0.2) is 22.2 Å². The summed E-state index contributed by atoms with van der Waals surface area (Å²) in [6, 6.07) is 17.7. The van der Waals surface area contributed by atoms with Crippen LogP contribution in [0.15, 0.2) is 76.5 Å². The van der Waals surface area contributed by atoms with Crippen molar-refractivity contribution in [1.82, 2.24) is 5.32 Å². The number of fused-ring (bicyclic) bond motifs is 1. The summed E-state index contributed by atoms with van der Waals surface area (Å²) < 4.78 is 34.8. The first-order valence-electron chi connectivity index (χ1n) is 17.1. The van der Waals surface area contributed by atoms with Crippen LogP contribution in [0.1, 0.15) is 77.3 Å². The number of nitrogens with one attached hydrogen (secondary N) is 1. The van der Waals surface area contributed by atoms with E-state index in [1.165, 1.54) is 49.0 Å². The number of hydrogen-bond donors (Lipinski definition) is 3. The second-order valence-electron chi connectivity index (χ2n) is 13.1. The number of carboxylic acid groups (broad SMARTS) is 1. The zero-order valence-electron chi connectivity index (χ0n) is 29.2. The summed E-state index contributed by atoms with van der Waals surface area (Å²) in [4.78, 5) is 40.8. The Balaban J connectivity index is 1.69. The first-order valence-corrected chi connectivity index (χ1v) is 19.9. The van der Waals surface area contributed by atoms with Gasteiger partial charge in [0, 0.05) is 30.1 Å². The molecule has 0 spiro atoms. The standard InChI is InChI=1S/C38H48N2O8S2/c1-5-7-18-38(19-8-6-2)24-40(28-12-10-9-11-13-28)30-21-33(49-4)32(22-34(30)50(46,47)25-38)48-23-35(43)39-36(27-14-16-29(41)17-15-27)31(42)20-26(3)37(44)45/h9-17,21-22,26,36,41H,5-8,18-20,23-25H2,1-4H3,(H,39,43)(H,44,45)/t26-,36?/m1/s1. The highest BCUT2D eigenvalue weighted by Crippen LogP contribution is 2.47. The quantitative estimate of drug-likeness (QED) is 0.121. The summed E-state index contributed by atoms with van der Waals surface area (Å²) in [6.07, 6.45) is 6.85. The minimum absolute atomic E-state index is 0.0000607. The van der Waals surface area contributed by atoms with Crippen LogP contribution in [0.4, 0.5) is 11.4 Å². The molecule has 3 N–H and O–H groups in total. The molecule has 270 valence electrons. The van der Waals surface area contributed by atoms with Crippen molar-refractivity contribution in [2.75, 3.05) is 30.1 Å².